The first-order chi connectivity index (χ1) is 12.6. The summed E-state index contributed by atoms with van der Waals surface area (Å²) in [6.07, 6.45) is 3.20. The highest BCUT2D eigenvalue weighted by Crippen LogP contribution is 2.24. The zero-order valence-corrected chi connectivity index (χ0v) is 13.3. The van der Waals surface area contributed by atoms with Crippen LogP contribution in [0.5, 0.6) is 0 Å². The van der Waals surface area contributed by atoms with Gasteiger partial charge in [0.15, 0.2) is 23.3 Å². The minimum Gasteiger partial charge on any atom is -0.340 e. The molecule has 0 aliphatic carbocycles. The van der Waals surface area contributed by atoms with E-state index in [1.165, 1.54) is 6.20 Å². The first-order valence-corrected chi connectivity index (χ1v) is 7.83. The number of hydrogen-bond acceptors (Lipinski definition) is 5. The lowest BCUT2D eigenvalue weighted by Gasteiger charge is -2.12. The van der Waals surface area contributed by atoms with E-state index in [0.29, 0.717) is 23.8 Å². The van der Waals surface area contributed by atoms with Crippen LogP contribution in [0.1, 0.15) is 23.5 Å². The molecule has 1 aromatic carbocycles. The summed E-state index contributed by atoms with van der Waals surface area (Å²) in [5.41, 5.74) is -0.666. The quantitative estimate of drug-likeness (QED) is 0.715. The minimum absolute atomic E-state index is 0.0663. The second-order valence-electron chi connectivity index (χ2n) is 5.74. The van der Waals surface area contributed by atoms with Gasteiger partial charge in [-0.25, -0.2) is 18.2 Å². The number of nitrogens with one attached hydrogen (secondary N) is 1. The van der Waals surface area contributed by atoms with Gasteiger partial charge in [-0.05, 0) is 35.4 Å². The van der Waals surface area contributed by atoms with Gasteiger partial charge in [0.2, 0.25) is 5.82 Å². The predicted octanol–water partition coefficient (Wildman–Crippen LogP) is 1.71. The molecule has 11 heteroatoms. The van der Waals surface area contributed by atoms with Crippen molar-refractivity contribution in [3.63, 3.8) is 0 Å². The largest absolute Gasteiger partial charge is 0.340 e. The second-order valence-corrected chi connectivity index (χ2v) is 5.74. The number of imidazole rings is 1. The van der Waals surface area contributed by atoms with Gasteiger partial charge in [-0.15, -0.1) is 5.10 Å². The molecule has 3 aromatic rings. The summed E-state index contributed by atoms with van der Waals surface area (Å²) in [7, 11) is 0. The first kappa shape index (κ1) is 16.2. The molecule has 0 saturated carbocycles. The van der Waals surface area contributed by atoms with Crippen LogP contribution in [0.3, 0.4) is 0 Å². The number of amides is 1. The topological polar surface area (TPSA) is 92.6 Å². The number of tetrazole rings is 1. The van der Waals surface area contributed by atoms with Gasteiger partial charge in [0.25, 0.3) is 5.91 Å². The van der Waals surface area contributed by atoms with Gasteiger partial charge in [0.1, 0.15) is 11.4 Å². The molecule has 4 rings (SSSR count). The number of nitrogens with zero attached hydrogens (tertiary/aromatic N) is 6. The van der Waals surface area contributed by atoms with Crippen molar-refractivity contribution in [3.8, 4) is 17.2 Å². The Kier molecular flexibility index (Phi) is 3.90. The number of hydrogen-bond donors (Lipinski definition) is 1. The zero-order chi connectivity index (χ0) is 18.3. The Labute approximate surface area is 144 Å². The average molecular weight is 363 g/mol. The van der Waals surface area contributed by atoms with E-state index in [0.717, 1.165) is 18.9 Å². The molecule has 1 saturated heterocycles. The maximum absolute atomic E-state index is 14.0. The molecule has 3 heterocycles. The van der Waals surface area contributed by atoms with Crippen LogP contribution in [0.25, 0.3) is 17.2 Å². The smallest absolute Gasteiger partial charge is 0.289 e. The van der Waals surface area contributed by atoms with E-state index in [4.69, 9.17) is 0 Å². The third kappa shape index (κ3) is 2.61. The maximum atomic E-state index is 14.0. The van der Waals surface area contributed by atoms with Gasteiger partial charge >= 0.3 is 0 Å². The molecule has 0 unspecified atom stereocenters. The molecule has 134 valence electrons. The molecular weight excluding hydrogens is 351 g/mol. The Morgan fingerprint density at radius 3 is 2.62 bits per heavy atom. The number of rotatable bonds is 3. The molecule has 26 heavy (non-hydrogen) atoms. The van der Waals surface area contributed by atoms with Gasteiger partial charge in [-0.3, -0.25) is 4.79 Å². The Bertz CT molecular complexity index is 978. The van der Waals surface area contributed by atoms with Crippen molar-refractivity contribution in [1.29, 1.82) is 0 Å². The molecule has 1 aliphatic heterocycles. The average Bonchev–Trinajstić information content (AvgIpc) is 3.38. The number of benzene rings is 1. The van der Waals surface area contributed by atoms with E-state index >= 15 is 0 Å². The van der Waals surface area contributed by atoms with E-state index in [9.17, 15) is 18.0 Å². The van der Waals surface area contributed by atoms with Crippen LogP contribution in [0.4, 0.5) is 13.2 Å². The molecule has 1 aliphatic rings. The van der Waals surface area contributed by atoms with E-state index in [1.54, 1.807) is 4.90 Å². The molecule has 0 atom stereocenters. The summed E-state index contributed by atoms with van der Waals surface area (Å²) in [6, 6.07) is 1.44. The van der Waals surface area contributed by atoms with E-state index in [2.05, 4.69) is 25.5 Å². The number of aromatic amines is 1. The van der Waals surface area contributed by atoms with E-state index < -0.39 is 23.1 Å². The first-order valence-electron chi connectivity index (χ1n) is 7.83. The van der Waals surface area contributed by atoms with Crippen molar-refractivity contribution < 1.29 is 18.0 Å². The molecule has 1 fully saturated rings. The fourth-order valence-electron chi connectivity index (χ4n) is 2.82. The number of carbonyl (C=O) groups is 1. The van der Waals surface area contributed by atoms with Crippen molar-refractivity contribution in [2.24, 2.45) is 0 Å². The molecule has 8 nitrogen and oxygen atoms in total. The van der Waals surface area contributed by atoms with Crippen LogP contribution in [-0.2, 0) is 0 Å². The number of H-pyrrole nitrogens is 1. The predicted molar refractivity (Wildman–Crippen MR) is 81.7 cm³/mol. The van der Waals surface area contributed by atoms with Gasteiger partial charge in [-0.2, -0.15) is 4.68 Å². The monoisotopic (exact) mass is 363 g/mol. The highest BCUT2D eigenvalue weighted by molar-refractivity contribution is 5.91. The molecule has 1 amide bonds. The number of halogens is 3. The summed E-state index contributed by atoms with van der Waals surface area (Å²) in [4.78, 5) is 20.8. The standard InChI is InChI=1S/C15H12F3N7O/c16-8-3-4-9(17)12(11(8)18)25-14(21-22-23-25)10-7-19-13(20-10)15(26)24-5-1-2-6-24/h3-4,7H,1-2,5-6H2,(H,19,20). The van der Waals surface area contributed by atoms with E-state index in [-0.39, 0.29) is 23.2 Å². The van der Waals surface area contributed by atoms with Crippen LogP contribution >= 0.6 is 0 Å². The summed E-state index contributed by atoms with van der Waals surface area (Å²) in [5.74, 6) is -4.06. The van der Waals surface area contributed by atoms with Crippen molar-refractivity contribution in [3.05, 3.63) is 41.6 Å². The van der Waals surface area contributed by atoms with Gasteiger partial charge < -0.3 is 9.88 Å². The van der Waals surface area contributed by atoms with Gasteiger partial charge in [0, 0.05) is 19.3 Å². The lowest BCUT2D eigenvalue weighted by Crippen LogP contribution is -2.28. The normalized spacial score (nSPS) is 14.2. The molecule has 0 spiro atoms. The number of aromatic nitrogens is 6. The highest BCUT2D eigenvalue weighted by atomic mass is 19.2. The Morgan fingerprint density at radius 1 is 1.12 bits per heavy atom. The second kappa shape index (κ2) is 6.24. The summed E-state index contributed by atoms with van der Waals surface area (Å²) < 4.78 is 42.2. The Morgan fingerprint density at radius 2 is 1.85 bits per heavy atom. The van der Waals surface area contributed by atoms with Crippen LogP contribution in [0.15, 0.2) is 18.3 Å². The SMILES string of the molecule is O=C(c1nc(-c2nnnn2-c2c(F)ccc(F)c2F)c[nH]1)N1CCCC1. The van der Waals surface area contributed by atoms with Crippen LogP contribution in [0, 0.1) is 17.5 Å². The maximum Gasteiger partial charge on any atom is 0.289 e. The van der Waals surface area contributed by atoms with E-state index in [1.807, 2.05) is 0 Å². The fraction of sp³-hybridized carbons (Fsp3) is 0.267. The summed E-state index contributed by atoms with van der Waals surface area (Å²) in [6.45, 7) is 1.29. The highest BCUT2D eigenvalue weighted by Gasteiger charge is 2.25. The summed E-state index contributed by atoms with van der Waals surface area (Å²) >= 11 is 0. The lowest BCUT2D eigenvalue weighted by molar-refractivity contribution is 0.0782. The van der Waals surface area contributed by atoms with Gasteiger partial charge in [-0.1, -0.05) is 0 Å². The van der Waals surface area contributed by atoms with Crippen molar-refractivity contribution in [2.45, 2.75) is 12.8 Å². The molecule has 0 radical (unpaired) electrons. The summed E-state index contributed by atoms with van der Waals surface area (Å²) in [5, 5.41) is 10.6. The zero-order valence-electron chi connectivity index (χ0n) is 13.3. The third-order valence-corrected chi connectivity index (χ3v) is 4.10. The molecule has 1 N–H and O–H groups in total. The lowest BCUT2D eigenvalue weighted by atomic mass is 10.2. The molecule has 2 aromatic heterocycles. The Hall–Kier alpha value is -3.24. The van der Waals surface area contributed by atoms with Crippen molar-refractivity contribution in [2.75, 3.05) is 13.1 Å². The van der Waals surface area contributed by atoms with Gasteiger partial charge in [0.05, 0.1) is 0 Å². The van der Waals surface area contributed by atoms with Crippen LogP contribution in [0.2, 0.25) is 0 Å². The van der Waals surface area contributed by atoms with Crippen molar-refractivity contribution in [1.82, 2.24) is 35.1 Å². The molecule has 0 bridgehead atoms. The Balaban J connectivity index is 1.73. The van der Waals surface area contributed by atoms with Crippen molar-refractivity contribution >= 4 is 5.91 Å². The number of carbonyl (C=O) groups excluding carboxylic acids is 1. The van der Waals surface area contributed by atoms with Crippen LogP contribution < -0.4 is 0 Å². The molecular formula is C15H12F3N7O. The third-order valence-electron chi connectivity index (χ3n) is 4.10. The van der Waals surface area contributed by atoms with Crippen LogP contribution in [-0.4, -0.2) is 54.1 Å². The fourth-order valence-corrected chi connectivity index (χ4v) is 2.82. The minimum atomic E-state index is -1.43. The number of likely N-dealkylation sites (tertiary alicyclic amines) is 1.